The van der Waals surface area contributed by atoms with Gasteiger partial charge in [-0.05, 0) is 56.2 Å². The van der Waals surface area contributed by atoms with Crippen molar-refractivity contribution in [1.29, 1.82) is 0 Å². The van der Waals surface area contributed by atoms with E-state index >= 15 is 4.39 Å². The zero-order valence-electron chi connectivity index (χ0n) is 20.5. The summed E-state index contributed by atoms with van der Waals surface area (Å²) in [7, 11) is -3.76. The summed E-state index contributed by atoms with van der Waals surface area (Å²) in [5.41, 5.74) is 0.945. The first-order valence-corrected chi connectivity index (χ1v) is 13.5. The van der Waals surface area contributed by atoms with Gasteiger partial charge in [-0.3, -0.25) is 14.4 Å². The monoisotopic (exact) mass is 526 g/mol. The molecule has 194 valence electrons. The first kappa shape index (κ1) is 25.1. The average Bonchev–Trinajstić information content (AvgIpc) is 3.69. The molecule has 0 unspecified atom stereocenters. The second-order valence-corrected chi connectivity index (χ2v) is 11.4. The predicted molar refractivity (Wildman–Crippen MR) is 138 cm³/mol. The molecule has 1 saturated carbocycles. The van der Waals surface area contributed by atoms with E-state index in [-0.39, 0.29) is 59.8 Å². The van der Waals surface area contributed by atoms with Gasteiger partial charge in [0.2, 0.25) is 15.9 Å². The lowest BCUT2D eigenvalue weighted by Crippen LogP contribution is -2.48. The average molecular weight is 527 g/mol. The van der Waals surface area contributed by atoms with E-state index in [4.69, 9.17) is 0 Å². The number of Topliss-reactive ketones (excluding diaryl/α,β-unsaturated/α-hetero) is 1. The van der Waals surface area contributed by atoms with Gasteiger partial charge in [0.25, 0.3) is 0 Å². The molecule has 9 nitrogen and oxygen atoms in total. The molecule has 1 saturated heterocycles. The van der Waals surface area contributed by atoms with Crippen LogP contribution in [0.2, 0.25) is 0 Å². The molecule has 2 aliphatic rings. The quantitative estimate of drug-likeness (QED) is 0.495. The maximum atomic E-state index is 15.3. The summed E-state index contributed by atoms with van der Waals surface area (Å²) in [6.07, 6.45) is 3.42. The summed E-state index contributed by atoms with van der Waals surface area (Å²) in [5.74, 6) is -1.19. The molecule has 3 aromatic rings. The Morgan fingerprint density at radius 2 is 1.65 bits per heavy atom. The van der Waals surface area contributed by atoms with Crippen molar-refractivity contribution in [2.75, 3.05) is 36.4 Å². The number of ketones is 1. The number of piperazine rings is 1. The van der Waals surface area contributed by atoms with E-state index in [1.54, 1.807) is 17.2 Å². The van der Waals surface area contributed by atoms with E-state index in [9.17, 15) is 22.8 Å². The molecule has 2 fully saturated rings. The van der Waals surface area contributed by atoms with Crippen LogP contribution in [0.15, 0.2) is 52.3 Å². The molecule has 37 heavy (non-hydrogen) atoms. The fourth-order valence-electron chi connectivity index (χ4n) is 4.74. The molecule has 1 amide bonds. The van der Waals surface area contributed by atoms with Crippen LogP contribution in [0.4, 0.5) is 15.8 Å². The van der Waals surface area contributed by atoms with Gasteiger partial charge in [0.05, 0.1) is 21.7 Å². The Balaban J connectivity index is 1.39. The van der Waals surface area contributed by atoms with Crippen molar-refractivity contribution < 1.29 is 22.4 Å². The number of rotatable bonds is 6. The zero-order valence-corrected chi connectivity index (χ0v) is 21.3. The van der Waals surface area contributed by atoms with Gasteiger partial charge in [0.1, 0.15) is 5.82 Å². The molecule has 1 N–H and O–H groups in total. The summed E-state index contributed by atoms with van der Waals surface area (Å²) in [6.45, 7) is 3.56. The Hall–Kier alpha value is -3.57. The first-order chi connectivity index (χ1) is 17.6. The fraction of sp³-hybridized carbons (Fsp3) is 0.346. The van der Waals surface area contributed by atoms with Crippen molar-refractivity contribution in [3.8, 4) is 0 Å². The van der Waals surface area contributed by atoms with Crippen molar-refractivity contribution in [3.05, 3.63) is 64.2 Å². The number of nitrogens with zero attached hydrogens (tertiary/aromatic N) is 3. The van der Waals surface area contributed by atoms with Crippen LogP contribution < -0.4 is 15.6 Å². The second-order valence-electron chi connectivity index (χ2n) is 9.48. The predicted octanol–water partition coefficient (Wildman–Crippen LogP) is 3.15. The number of carbonyl (C=O) groups excluding carboxylic acids is 2. The van der Waals surface area contributed by atoms with E-state index in [1.165, 1.54) is 48.5 Å². The smallest absolute Gasteiger partial charge is 0.243 e. The summed E-state index contributed by atoms with van der Waals surface area (Å²) >= 11 is 0. The standard InChI is InChI=1S/C26H27FN4O5S/c1-16(32)22-15-31(19-5-6-19)24-14-25(23(27)13-21(24)26(22)34)29-9-11-30(12-10-29)37(35,36)20-7-3-18(4-8-20)28-17(2)33/h3-4,7-8,13-15,19H,5-6,9-12H2,1-2H3,(H,28,33). The van der Waals surface area contributed by atoms with Crippen LogP contribution in [0.25, 0.3) is 10.9 Å². The Morgan fingerprint density at radius 3 is 2.22 bits per heavy atom. The number of hydrogen-bond acceptors (Lipinski definition) is 6. The Kier molecular flexibility index (Phi) is 6.36. The number of nitrogens with one attached hydrogen (secondary N) is 1. The van der Waals surface area contributed by atoms with Crippen molar-refractivity contribution >= 4 is 44.0 Å². The number of amides is 1. The van der Waals surface area contributed by atoms with Gasteiger partial charge in [-0.25, -0.2) is 12.8 Å². The second kappa shape index (κ2) is 9.38. The summed E-state index contributed by atoms with van der Waals surface area (Å²) in [6, 6.07) is 8.96. The van der Waals surface area contributed by atoms with Gasteiger partial charge < -0.3 is 14.8 Å². The van der Waals surface area contributed by atoms with Crippen LogP contribution in [0.1, 0.15) is 43.1 Å². The van der Waals surface area contributed by atoms with Crippen LogP contribution in [-0.4, -0.2) is 55.2 Å². The summed E-state index contributed by atoms with van der Waals surface area (Å²) in [4.78, 5) is 37.9. The van der Waals surface area contributed by atoms with Crippen molar-refractivity contribution in [2.45, 2.75) is 37.6 Å². The minimum absolute atomic E-state index is 0.0514. The molecule has 5 rings (SSSR count). The molecule has 0 atom stereocenters. The van der Waals surface area contributed by atoms with E-state index in [1.807, 2.05) is 4.57 Å². The Labute approximate surface area is 213 Å². The maximum absolute atomic E-state index is 15.3. The summed E-state index contributed by atoms with van der Waals surface area (Å²) < 4.78 is 44.8. The van der Waals surface area contributed by atoms with Crippen LogP contribution in [-0.2, 0) is 14.8 Å². The van der Waals surface area contributed by atoms with Crippen LogP contribution in [0.5, 0.6) is 0 Å². The molecule has 0 bridgehead atoms. The molecule has 2 aromatic carbocycles. The Morgan fingerprint density at radius 1 is 1.00 bits per heavy atom. The molecule has 1 aliphatic carbocycles. The third kappa shape index (κ3) is 4.76. The first-order valence-electron chi connectivity index (χ1n) is 12.1. The van der Waals surface area contributed by atoms with E-state index < -0.39 is 21.3 Å². The number of fused-ring (bicyclic) bond motifs is 1. The third-order valence-electron chi connectivity index (χ3n) is 6.81. The van der Waals surface area contributed by atoms with Gasteiger partial charge >= 0.3 is 0 Å². The van der Waals surface area contributed by atoms with E-state index in [2.05, 4.69) is 5.32 Å². The van der Waals surface area contributed by atoms with Gasteiger partial charge in [-0.2, -0.15) is 4.31 Å². The number of halogens is 1. The third-order valence-corrected chi connectivity index (χ3v) is 8.72. The lowest BCUT2D eigenvalue weighted by molar-refractivity contribution is -0.114. The number of benzene rings is 2. The lowest BCUT2D eigenvalue weighted by Gasteiger charge is -2.35. The minimum Gasteiger partial charge on any atom is -0.366 e. The zero-order chi connectivity index (χ0) is 26.5. The topological polar surface area (TPSA) is 109 Å². The molecule has 2 heterocycles. The molecular formula is C26H27FN4O5S. The largest absolute Gasteiger partial charge is 0.366 e. The normalized spacial score (nSPS) is 16.7. The molecule has 1 aromatic heterocycles. The van der Waals surface area contributed by atoms with Crippen LogP contribution >= 0.6 is 0 Å². The highest BCUT2D eigenvalue weighted by atomic mass is 32.2. The number of sulfonamides is 1. The lowest BCUT2D eigenvalue weighted by atomic mass is 10.1. The highest BCUT2D eigenvalue weighted by Gasteiger charge is 2.31. The molecule has 0 spiro atoms. The molecule has 1 aliphatic heterocycles. The van der Waals surface area contributed by atoms with Crippen LogP contribution in [0, 0.1) is 5.82 Å². The molecule has 0 radical (unpaired) electrons. The van der Waals surface area contributed by atoms with Gasteiger partial charge in [0.15, 0.2) is 11.2 Å². The van der Waals surface area contributed by atoms with Gasteiger partial charge in [-0.15, -0.1) is 0 Å². The van der Waals surface area contributed by atoms with E-state index in [0.29, 0.717) is 16.9 Å². The fourth-order valence-corrected chi connectivity index (χ4v) is 6.16. The van der Waals surface area contributed by atoms with E-state index in [0.717, 1.165) is 12.8 Å². The SMILES string of the molecule is CC(=O)Nc1ccc(S(=O)(=O)N2CCN(c3cc4c(cc3F)c(=O)c(C(C)=O)cn4C3CC3)CC2)cc1. The Bertz CT molecular complexity index is 1570. The number of carbonyl (C=O) groups is 2. The number of anilines is 2. The van der Waals surface area contributed by atoms with Gasteiger partial charge in [0, 0.05) is 56.4 Å². The number of pyridine rings is 1. The number of hydrogen-bond donors (Lipinski definition) is 1. The highest BCUT2D eigenvalue weighted by molar-refractivity contribution is 7.89. The maximum Gasteiger partial charge on any atom is 0.243 e. The van der Waals surface area contributed by atoms with Crippen molar-refractivity contribution in [3.63, 3.8) is 0 Å². The minimum atomic E-state index is -3.76. The van der Waals surface area contributed by atoms with Crippen molar-refractivity contribution in [2.24, 2.45) is 0 Å². The number of aromatic nitrogens is 1. The molecular weight excluding hydrogens is 499 g/mol. The highest BCUT2D eigenvalue weighted by Crippen LogP contribution is 2.38. The summed E-state index contributed by atoms with van der Waals surface area (Å²) in [5, 5.41) is 2.78. The van der Waals surface area contributed by atoms with Crippen LogP contribution in [0.3, 0.4) is 0 Å². The molecule has 11 heteroatoms. The van der Waals surface area contributed by atoms with Gasteiger partial charge in [-0.1, -0.05) is 0 Å². The van der Waals surface area contributed by atoms with Crippen molar-refractivity contribution in [1.82, 2.24) is 8.87 Å².